The van der Waals surface area contributed by atoms with E-state index in [-0.39, 0.29) is 17.6 Å². The highest BCUT2D eigenvalue weighted by atomic mass is 19.1. The summed E-state index contributed by atoms with van der Waals surface area (Å²) in [5, 5.41) is 7.22. The van der Waals surface area contributed by atoms with Gasteiger partial charge in [0.05, 0.1) is 23.1 Å². The van der Waals surface area contributed by atoms with Crippen molar-refractivity contribution < 1.29 is 9.18 Å². The number of anilines is 2. The van der Waals surface area contributed by atoms with Crippen molar-refractivity contribution in [1.82, 2.24) is 14.8 Å². The largest absolute Gasteiger partial charge is 0.369 e. The molecule has 1 fully saturated rings. The van der Waals surface area contributed by atoms with Crippen molar-refractivity contribution in [3.05, 3.63) is 65.9 Å². The predicted octanol–water partition coefficient (Wildman–Crippen LogP) is 5.55. The summed E-state index contributed by atoms with van der Waals surface area (Å²) in [6.07, 6.45) is 9.05. The molecular formula is C25H30FN5O. The lowest BCUT2D eigenvalue weighted by molar-refractivity contribution is 0.102. The molecule has 0 atom stereocenters. The number of nitrogens with one attached hydrogen (secondary N) is 1. The maximum Gasteiger partial charge on any atom is 0.259 e. The Kier molecular flexibility index (Phi) is 6.53. The van der Waals surface area contributed by atoms with Gasteiger partial charge >= 0.3 is 0 Å². The average Bonchev–Trinajstić information content (AvgIpc) is 3.26. The van der Waals surface area contributed by atoms with Crippen LogP contribution in [0, 0.1) is 5.82 Å². The molecule has 1 N–H and O–H groups in total. The van der Waals surface area contributed by atoms with E-state index >= 15 is 0 Å². The van der Waals surface area contributed by atoms with Crippen molar-refractivity contribution in [3.8, 4) is 5.82 Å². The zero-order valence-corrected chi connectivity index (χ0v) is 18.9. The van der Waals surface area contributed by atoms with Crippen molar-refractivity contribution in [1.29, 1.82) is 0 Å². The van der Waals surface area contributed by atoms with Crippen LogP contribution in [-0.4, -0.2) is 33.8 Å². The number of aromatic nitrogens is 3. The molecule has 0 radical (unpaired) electrons. The Balaban J connectivity index is 1.54. The van der Waals surface area contributed by atoms with Crippen LogP contribution >= 0.6 is 0 Å². The van der Waals surface area contributed by atoms with Crippen LogP contribution in [0.3, 0.4) is 0 Å². The minimum atomic E-state index is -0.330. The number of hydrogen-bond donors (Lipinski definition) is 1. The minimum Gasteiger partial charge on any atom is -0.369 e. The van der Waals surface area contributed by atoms with Crippen LogP contribution in [0.2, 0.25) is 0 Å². The molecule has 0 unspecified atom stereocenters. The maximum atomic E-state index is 14.9. The van der Waals surface area contributed by atoms with Gasteiger partial charge in [-0.05, 0) is 49.1 Å². The summed E-state index contributed by atoms with van der Waals surface area (Å²) in [7, 11) is 1.95. The molecule has 1 aliphatic rings. The van der Waals surface area contributed by atoms with Gasteiger partial charge in [-0.2, -0.15) is 5.10 Å². The zero-order chi connectivity index (χ0) is 22.7. The Morgan fingerprint density at radius 2 is 1.97 bits per heavy atom. The third-order valence-electron chi connectivity index (χ3n) is 6.17. The molecule has 2 heterocycles. The molecule has 0 spiro atoms. The second-order valence-electron chi connectivity index (χ2n) is 8.72. The molecule has 168 valence electrons. The highest BCUT2D eigenvalue weighted by molar-refractivity contribution is 6.05. The quantitative estimate of drug-likeness (QED) is 0.551. The number of benzene rings is 1. The molecule has 4 rings (SSSR count). The van der Waals surface area contributed by atoms with Crippen LogP contribution in [0.5, 0.6) is 0 Å². The van der Waals surface area contributed by atoms with E-state index < -0.39 is 0 Å². The summed E-state index contributed by atoms with van der Waals surface area (Å²) in [6.45, 7) is 4.01. The Morgan fingerprint density at radius 3 is 2.62 bits per heavy atom. The average molecular weight is 436 g/mol. The van der Waals surface area contributed by atoms with Gasteiger partial charge in [0.1, 0.15) is 5.82 Å². The normalized spacial score (nSPS) is 14.5. The number of pyridine rings is 1. The van der Waals surface area contributed by atoms with Gasteiger partial charge in [0.15, 0.2) is 5.82 Å². The molecule has 7 heteroatoms. The molecule has 32 heavy (non-hydrogen) atoms. The van der Waals surface area contributed by atoms with Gasteiger partial charge in [-0.1, -0.05) is 39.2 Å². The molecule has 1 aliphatic carbocycles. The van der Waals surface area contributed by atoms with E-state index in [9.17, 15) is 9.18 Å². The highest BCUT2D eigenvalue weighted by Crippen LogP contribution is 2.30. The van der Waals surface area contributed by atoms with Crippen LogP contribution in [0.4, 0.5) is 15.8 Å². The first-order valence-corrected chi connectivity index (χ1v) is 11.3. The topological polar surface area (TPSA) is 63.1 Å². The van der Waals surface area contributed by atoms with Gasteiger partial charge in [-0.25, -0.2) is 14.1 Å². The van der Waals surface area contributed by atoms with Crippen LogP contribution < -0.4 is 10.2 Å². The summed E-state index contributed by atoms with van der Waals surface area (Å²) < 4.78 is 16.6. The number of carbonyl (C=O) groups excluding carboxylic acids is 1. The number of rotatable bonds is 6. The minimum absolute atomic E-state index is 0.0449. The second-order valence-corrected chi connectivity index (χ2v) is 8.72. The van der Waals surface area contributed by atoms with Gasteiger partial charge in [-0.15, -0.1) is 0 Å². The zero-order valence-electron chi connectivity index (χ0n) is 18.9. The summed E-state index contributed by atoms with van der Waals surface area (Å²) in [4.78, 5) is 19.4. The smallest absolute Gasteiger partial charge is 0.259 e. The summed E-state index contributed by atoms with van der Waals surface area (Å²) in [5.74, 6) is 0.0488. The molecule has 1 amide bonds. The van der Waals surface area contributed by atoms with Crippen molar-refractivity contribution in [2.24, 2.45) is 0 Å². The van der Waals surface area contributed by atoms with Crippen LogP contribution in [0.25, 0.3) is 5.82 Å². The van der Waals surface area contributed by atoms with Gasteiger partial charge in [-0.3, -0.25) is 4.79 Å². The van der Waals surface area contributed by atoms with Crippen molar-refractivity contribution in [3.63, 3.8) is 0 Å². The van der Waals surface area contributed by atoms with Crippen molar-refractivity contribution in [2.45, 2.75) is 57.9 Å². The first-order valence-electron chi connectivity index (χ1n) is 11.3. The van der Waals surface area contributed by atoms with Crippen LogP contribution in [-0.2, 0) is 0 Å². The van der Waals surface area contributed by atoms with Gasteiger partial charge in [0.2, 0.25) is 0 Å². The Labute approximate surface area is 188 Å². The van der Waals surface area contributed by atoms with Crippen LogP contribution in [0.1, 0.15) is 67.9 Å². The standard InChI is InChI=1S/C25H30FN5O/c1-17(2)24-20(16-28-31(24)23-11-7-8-14-27-23)25(32)29-18-12-13-22(21(26)15-18)30(3)19-9-5-4-6-10-19/h7-8,11-17,19H,4-6,9-10H2,1-3H3,(H,29,32). The molecule has 1 aromatic carbocycles. The number of nitrogens with zero attached hydrogens (tertiary/aromatic N) is 4. The summed E-state index contributed by atoms with van der Waals surface area (Å²) in [6, 6.07) is 10.8. The Bertz CT molecular complexity index is 1070. The molecule has 2 aromatic heterocycles. The fourth-order valence-corrected chi connectivity index (χ4v) is 4.48. The predicted molar refractivity (Wildman–Crippen MR) is 125 cm³/mol. The molecule has 0 bridgehead atoms. The number of carbonyl (C=O) groups is 1. The molecular weight excluding hydrogens is 405 g/mol. The van der Waals surface area contributed by atoms with E-state index in [4.69, 9.17) is 0 Å². The number of hydrogen-bond acceptors (Lipinski definition) is 4. The first-order chi connectivity index (χ1) is 15.5. The monoisotopic (exact) mass is 435 g/mol. The maximum absolute atomic E-state index is 14.9. The molecule has 3 aromatic rings. The first kappa shape index (κ1) is 22.0. The lowest BCUT2D eigenvalue weighted by atomic mass is 9.94. The van der Waals surface area contributed by atoms with Crippen molar-refractivity contribution >= 4 is 17.3 Å². The van der Waals surface area contributed by atoms with E-state index in [1.807, 2.05) is 44.0 Å². The fourth-order valence-electron chi connectivity index (χ4n) is 4.48. The van der Waals surface area contributed by atoms with Crippen molar-refractivity contribution in [2.75, 3.05) is 17.3 Å². The lowest BCUT2D eigenvalue weighted by Crippen LogP contribution is -2.33. The fraction of sp³-hybridized carbons (Fsp3) is 0.400. The number of halogens is 1. The number of amides is 1. The van der Waals surface area contributed by atoms with Crippen LogP contribution in [0.15, 0.2) is 48.8 Å². The van der Waals surface area contributed by atoms with E-state index in [1.54, 1.807) is 29.2 Å². The Hall–Kier alpha value is -3.22. The summed E-state index contributed by atoms with van der Waals surface area (Å²) in [5.41, 5.74) is 2.21. The van der Waals surface area contributed by atoms with Gasteiger partial charge < -0.3 is 10.2 Å². The Morgan fingerprint density at radius 1 is 1.19 bits per heavy atom. The molecule has 6 nitrogen and oxygen atoms in total. The van der Waals surface area contributed by atoms with E-state index in [1.165, 1.54) is 25.3 Å². The third kappa shape index (κ3) is 4.52. The molecule has 1 saturated carbocycles. The van der Waals surface area contributed by atoms with E-state index in [0.717, 1.165) is 18.5 Å². The third-order valence-corrected chi connectivity index (χ3v) is 6.17. The van der Waals surface area contributed by atoms with Gasteiger partial charge in [0.25, 0.3) is 5.91 Å². The lowest BCUT2D eigenvalue weighted by Gasteiger charge is -2.33. The van der Waals surface area contributed by atoms with Gasteiger partial charge in [0, 0.05) is 25.0 Å². The second kappa shape index (κ2) is 9.51. The molecule has 0 saturated heterocycles. The summed E-state index contributed by atoms with van der Waals surface area (Å²) >= 11 is 0. The molecule has 0 aliphatic heterocycles. The van der Waals surface area contributed by atoms with E-state index in [2.05, 4.69) is 15.4 Å². The highest BCUT2D eigenvalue weighted by Gasteiger charge is 2.23. The SMILES string of the molecule is CC(C)c1c(C(=O)Nc2ccc(N(C)C3CCCCC3)c(F)c2)cnn1-c1ccccn1. The van der Waals surface area contributed by atoms with E-state index in [0.29, 0.717) is 28.8 Å².